The van der Waals surface area contributed by atoms with Crippen LogP contribution in [0.5, 0.6) is 5.75 Å². The van der Waals surface area contributed by atoms with Crippen LogP contribution < -0.4 is 15.8 Å². The summed E-state index contributed by atoms with van der Waals surface area (Å²) in [6.07, 6.45) is 1.01. The number of aliphatic imine (C=N–C) groups is 1. The average molecular weight is 363 g/mol. The van der Waals surface area contributed by atoms with Crippen molar-refractivity contribution < 1.29 is 4.74 Å². The van der Waals surface area contributed by atoms with Crippen molar-refractivity contribution in [3.63, 3.8) is 0 Å². The highest BCUT2D eigenvalue weighted by atomic mass is 127. The second kappa shape index (κ2) is 9.02. The number of ether oxygens (including phenoxy) is 1. The fourth-order valence-corrected chi connectivity index (χ4v) is 1.44. The minimum Gasteiger partial charge on any atom is -0.488 e. The Morgan fingerprint density at radius 2 is 2.11 bits per heavy atom. The van der Waals surface area contributed by atoms with Crippen molar-refractivity contribution >= 4 is 29.9 Å². The third kappa shape index (κ3) is 5.57. The summed E-state index contributed by atoms with van der Waals surface area (Å²) in [7, 11) is 1.66. The van der Waals surface area contributed by atoms with Crippen LogP contribution in [0.25, 0.3) is 0 Å². The fraction of sp³-hybridized carbons (Fsp3) is 0.462. The van der Waals surface area contributed by atoms with Gasteiger partial charge in [0.25, 0.3) is 0 Å². The van der Waals surface area contributed by atoms with Gasteiger partial charge in [-0.15, -0.1) is 24.0 Å². The van der Waals surface area contributed by atoms with Crippen LogP contribution in [0.15, 0.2) is 29.3 Å². The molecule has 0 bridgehead atoms. The molecule has 0 radical (unpaired) electrons. The van der Waals surface area contributed by atoms with Crippen molar-refractivity contribution in [1.29, 1.82) is 0 Å². The molecule has 0 saturated heterocycles. The molecule has 5 heteroatoms. The van der Waals surface area contributed by atoms with Crippen molar-refractivity contribution in [2.45, 2.75) is 26.4 Å². The van der Waals surface area contributed by atoms with E-state index in [0.29, 0.717) is 12.5 Å². The number of rotatable bonds is 5. The highest BCUT2D eigenvalue weighted by molar-refractivity contribution is 14.0. The largest absolute Gasteiger partial charge is 0.488 e. The molecule has 18 heavy (non-hydrogen) atoms. The van der Waals surface area contributed by atoms with Gasteiger partial charge in [-0.2, -0.15) is 0 Å². The van der Waals surface area contributed by atoms with Gasteiger partial charge in [-0.25, -0.2) is 0 Å². The molecule has 0 aliphatic carbocycles. The summed E-state index contributed by atoms with van der Waals surface area (Å²) < 4.78 is 5.92. The molecule has 3 N–H and O–H groups in total. The van der Waals surface area contributed by atoms with Gasteiger partial charge in [0.15, 0.2) is 5.96 Å². The Labute approximate surface area is 126 Å². The number of para-hydroxylation sites is 1. The topological polar surface area (TPSA) is 59.6 Å². The van der Waals surface area contributed by atoms with Crippen LogP contribution in [-0.2, 0) is 0 Å². The van der Waals surface area contributed by atoms with E-state index in [1.165, 1.54) is 0 Å². The zero-order valence-corrected chi connectivity index (χ0v) is 13.5. The molecule has 0 amide bonds. The summed E-state index contributed by atoms with van der Waals surface area (Å²) >= 11 is 0. The molecule has 0 spiro atoms. The molecule has 1 rings (SSSR count). The maximum Gasteiger partial charge on any atom is 0.188 e. The van der Waals surface area contributed by atoms with Crippen LogP contribution in [0, 0.1) is 6.92 Å². The number of nitrogens with zero attached hydrogens (tertiary/aromatic N) is 1. The van der Waals surface area contributed by atoms with Gasteiger partial charge in [0.1, 0.15) is 11.9 Å². The Morgan fingerprint density at radius 1 is 1.44 bits per heavy atom. The molecule has 4 nitrogen and oxygen atoms in total. The predicted octanol–water partition coefficient (Wildman–Crippen LogP) is 2.30. The van der Waals surface area contributed by atoms with Gasteiger partial charge < -0.3 is 15.8 Å². The summed E-state index contributed by atoms with van der Waals surface area (Å²) in [6.45, 7) is 4.79. The minimum atomic E-state index is 0. The van der Waals surface area contributed by atoms with E-state index in [9.17, 15) is 0 Å². The quantitative estimate of drug-likeness (QED) is 0.480. The number of halogens is 1. The van der Waals surface area contributed by atoms with E-state index >= 15 is 0 Å². The first kappa shape index (κ1) is 17.0. The maximum atomic E-state index is 5.92. The first-order valence-electron chi connectivity index (χ1n) is 5.85. The van der Waals surface area contributed by atoms with Crippen LogP contribution in [-0.4, -0.2) is 25.7 Å². The molecule has 0 aromatic heterocycles. The van der Waals surface area contributed by atoms with Crippen LogP contribution in [0.2, 0.25) is 0 Å². The lowest BCUT2D eigenvalue weighted by Gasteiger charge is -2.19. The Kier molecular flexibility index (Phi) is 8.53. The summed E-state index contributed by atoms with van der Waals surface area (Å²) in [5.41, 5.74) is 6.72. The van der Waals surface area contributed by atoms with Gasteiger partial charge in [0.05, 0.1) is 6.54 Å². The zero-order valence-electron chi connectivity index (χ0n) is 11.1. The van der Waals surface area contributed by atoms with Crippen LogP contribution in [0.1, 0.15) is 18.9 Å². The molecular weight excluding hydrogens is 341 g/mol. The Balaban J connectivity index is 0.00000289. The molecule has 0 fully saturated rings. The number of nitrogens with two attached hydrogens (primary N) is 1. The highest BCUT2D eigenvalue weighted by Gasteiger charge is 2.09. The van der Waals surface area contributed by atoms with Crippen LogP contribution in [0.4, 0.5) is 0 Å². The third-order valence-corrected chi connectivity index (χ3v) is 2.59. The van der Waals surface area contributed by atoms with Gasteiger partial charge >= 0.3 is 0 Å². The number of guanidine groups is 1. The summed E-state index contributed by atoms with van der Waals surface area (Å²) in [4.78, 5) is 3.85. The van der Waals surface area contributed by atoms with E-state index in [0.717, 1.165) is 17.7 Å². The number of hydrogen-bond donors (Lipinski definition) is 2. The molecule has 0 aliphatic rings. The van der Waals surface area contributed by atoms with Crippen molar-refractivity contribution in [2.75, 3.05) is 13.6 Å². The monoisotopic (exact) mass is 363 g/mol. The van der Waals surface area contributed by atoms with Crippen molar-refractivity contribution in [3.8, 4) is 5.75 Å². The smallest absolute Gasteiger partial charge is 0.188 e. The Morgan fingerprint density at radius 3 is 2.67 bits per heavy atom. The minimum absolute atomic E-state index is 0. The van der Waals surface area contributed by atoms with Crippen molar-refractivity contribution in [2.24, 2.45) is 10.7 Å². The number of nitrogens with one attached hydrogen (secondary N) is 1. The van der Waals surface area contributed by atoms with Gasteiger partial charge in [0, 0.05) is 7.05 Å². The highest BCUT2D eigenvalue weighted by Crippen LogP contribution is 2.18. The first-order valence-corrected chi connectivity index (χ1v) is 5.85. The molecule has 0 saturated carbocycles. The summed E-state index contributed by atoms with van der Waals surface area (Å²) in [5, 5.41) is 3.03. The standard InChI is InChI=1S/C13H21N3O.HI/c1-4-11(9-16-13(14)15-3)17-12-8-6-5-7-10(12)2;/h5-8,11H,4,9H2,1-3H3,(H3,14,15,16);1H. The van der Waals surface area contributed by atoms with Crippen LogP contribution in [0.3, 0.4) is 0 Å². The second-order valence-corrected chi connectivity index (χ2v) is 3.90. The molecule has 1 aromatic carbocycles. The van der Waals surface area contributed by atoms with Crippen molar-refractivity contribution in [3.05, 3.63) is 29.8 Å². The average Bonchev–Trinajstić information content (AvgIpc) is 2.36. The molecule has 1 unspecified atom stereocenters. The van der Waals surface area contributed by atoms with Gasteiger partial charge in [-0.05, 0) is 25.0 Å². The summed E-state index contributed by atoms with van der Waals surface area (Å²) in [6, 6.07) is 8.00. The molecule has 0 heterocycles. The SMILES string of the molecule is CCC(CNC(N)=NC)Oc1ccccc1C.I. The second-order valence-electron chi connectivity index (χ2n) is 3.90. The third-order valence-electron chi connectivity index (χ3n) is 2.59. The normalized spacial score (nSPS) is 12.5. The lowest BCUT2D eigenvalue weighted by Crippen LogP contribution is -2.39. The van der Waals surface area contributed by atoms with Crippen LogP contribution >= 0.6 is 24.0 Å². The van der Waals surface area contributed by atoms with Gasteiger partial charge in [-0.3, -0.25) is 4.99 Å². The molecule has 0 aliphatic heterocycles. The van der Waals surface area contributed by atoms with E-state index in [1.807, 2.05) is 31.2 Å². The molecule has 102 valence electrons. The van der Waals surface area contributed by atoms with E-state index < -0.39 is 0 Å². The predicted molar refractivity (Wildman–Crippen MR) is 86.9 cm³/mol. The molecule has 1 aromatic rings. The van der Waals surface area contributed by atoms with E-state index in [1.54, 1.807) is 7.05 Å². The van der Waals surface area contributed by atoms with Crippen molar-refractivity contribution in [1.82, 2.24) is 5.32 Å². The molecule has 1 atom stereocenters. The summed E-state index contributed by atoms with van der Waals surface area (Å²) in [5.74, 6) is 1.37. The number of benzene rings is 1. The molecular formula is C13H22IN3O. The van der Waals surface area contributed by atoms with Gasteiger partial charge in [-0.1, -0.05) is 25.1 Å². The van der Waals surface area contributed by atoms with E-state index in [4.69, 9.17) is 10.5 Å². The van der Waals surface area contributed by atoms with Gasteiger partial charge in [0.2, 0.25) is 0 Å². The lowest BCUT2D eigenvalue weighted by molar-refractivity contribution is 0.198. The van der Waals surface area contributed by atoms with E-state index in [2.05, 4.69) is 17.2 Å². The maximum absolute atomic E-state index is 5.92. The Hall–Kier alpha value is -0.980. The number of hydrogen-bond acceptors (Lipinski definition) is 2. The zero-order chi connectivity index (χ0) is 12.7. The van der Waals surface area contributed by atoms with E-state index in [-0.39, 0.29) is 30.1 Å². The number of aryl methyl sites for hydroxylation is 1. The first-order chi connectivity index (χ1) is 8.17. The lowest BCUT2D eigenvalue weighted by atomic mass is 10.2. The fourth-order valence-electron chi connectivity index (χ4n) is 1.44. The Bertz CT molecular complexity index is 382.